The summed E-state index contributed by atoms with van der Waals surface area (Å²) >= 11 is 1.10. The van der Waals surface area contributed by atoms with E-state index < -0.39 is 23.8 Å². The van der Waals surface area contributed by atoms with Crippen LogP contribution in [0.2, 0.25) is 0 Å². The largest absolute Gasteiger partial charge is 0.484 e. The Morgan fingerprint density at radius 1 is 1.03 bits per heavy atom. The Hall–Kier alpha value is -4.18. The smallest absolute Gasteiger partial charge is 0.416 e. The summed E-state index contributed by atoms with van der Waals surface area (Å²) in [6.07, 6.45) is -2.19. The normalized spacial score (nSPS) is 12.5. The monoisotopic (exact) mass is 523 g/mol. The number of aromatic nitrogens is 3. The molecule has 0 saturated carbocycles. The third-order valence-electron chi connectivity index (χ3n) is 5.81. The highest BCUT2D eigenvalue weighted by atomic mass is 32.1. The van der Waals surface area contributed by atoms with Crippen molar-refractivity contribution >= 4 is 28.3 Å². The molecule has 5 aromatic rings. The van der Waals surface area contributed by atoms with Crippen LogP contribution in [-0.4, -0.2) is 27.6 Å². The summed E-state index contributed by atoms with van der Waals surface area (Å²) in [5.74, 6) is -0.521. The van der Waals surface area contributed by atoms with Crippen molar-refractivity contribution in [1.82, 2.24) is 14.5 Å². The molecule has 3 heterocycles. The van der Waals surface area contributed by atoms with E-state index in [1.165, 1.54) is 32.2 Å². The van der Waals surface area contributed by atoms with Gasteiger partial charge in [-0.2, -0.15) is 13.2 Å². The first-order valence-corrected chi connectivity index (χ1v) is 12.0. The molecule has 2 aromatic carbocycles. The maximum Gasteiger partial charge on any atom is 0.416 e. The van der Waals surface area contributed by atoms with Gasteiger partial charge < -0.3 is 9.47 Å². The van der Waals surface area contributed by atoms with E-state index in [2.05, 4.69) is 9.97 Å². The van der Waals surface area contributed by atoms with Crippen LogP contribution in [0.4, 0.5) is 13.2 Å². The van der Waals surface area contributed by atoms with Crippen LogP contribution in [0, 0.1) is 0 Å². The van der Waals surface area contributed by atoms with Crippen molar-refractivity contribution in [3.63, 3.8) is 0 Å². The Balaban J connectivity index is 1.52. The second-order valence-corrected chi connectivity index (χ2v) is 9.18. The molecule has 6 nitrogen and oxygen atoms in total. The minimum atomic E-state index is -4.54. The van der Waals surface area contributed by atoms with Gasteiger partial charge in [0.1, 0.15) is 23.2 Å². The molecule has 0 radical (unpaired) electrons. The van der Waals surface area contributed by atoms with Gasteiger partial charge in [0.05, 0.1) is 29.4 Å². The molecule has 0 aliphatic rings. The third-order valence-corrected chi connectivity index (χ3v) is 6.90. The maximum absolute atomic E-state index is 13.5. The molecule has 5 rings (SSSR count). The Bertz CT molecular complexity index is 1580. The lowest BCUT2D eigenvalue weighted by molar-refractivity contribution is -0.139. The van der Waals surface area contributed by atoms with Crippen LogP contribution in [0.3, 0.4) is 0 Å². The van der Waals surface area contributed by atoms with Crippen molar-refractivity contribution < 1.29 is 27.4 Å². The van der Waals surface area contributed by atoms with Crippen LogP contribution in [0.1, 0.15) is 33.8 Å². The SMILES string of the molecule is COC(=O)c1sc(-n2cnc3cc(-c4ccccn4)ccc32)cc1O[C@H](C)c1ccccc1C(F)(F)F. The predicted molar refractivity (Wildman–Crippen MR) is 134 cm³/mol. The Morgan fingerprint density at radius 3 is 2.54 bits per heavy atom. The molecule has 10 heteroatoms. The average Bonchev–Trinajstić information content (AvgIpc) is 3.52. The molecule has 0 aliphatic carbocycles. The summed E-state index contributed by atoms with van der Waals surface area (Å²) in [6, 6.07) is 18.2. The second-order valence-electron chi connectivity index (χ2n) is 8.15. The van der Waals surface area contributed by atoms with E-state index in [0.29, 0.717) is 10.5 Å². The first-order valence-electron chi connectivity index (χ1n) is 11.2. The molecular formula is C27H20F3N3O3S. The molecule has 0 N–H and O–H groups in total. The Kier molecular flexibility index (Phi) is 6.43. The van der Waals surface area contributed by atoms with Crippen LogP contribution in [-0.2, 0) is 10.9 Å². The number of pyridine rings is 1. The molecule has 0 aliphatic heterocycles. The number of halogens is 3. The average molecular weight is 524 g/mol. The fourth-order valence-electron chi connectivity index (χ4n) is 4.05. The lowest BCUT2D eigenvalue weighted by atomic mass is 10.0. The lowest BCUT2D eigenvalue weighted by Gasteiger charge is -2.19. The quantitative estimate of drug-likeness (QED) is 0.222. The lowest BCUT2D eigenvalue weighted by Crippen LogP contribution is -2.14. The fraction of sp³-hybridized carbons (Fsp3) is 0.148. The highest BCUT2D eigenvalue weighted by Crippen LogP contribution is 2.39. The molecule has 0 unspecified atom stereocenters. The summed E-state index contributed by atoms with van der Waals surface area (Å²) < 4.78 is 53.2. The van der Waals surface area contributed by atoms with E-state index in [1.807, 2.05) is 36.4 Å². The summed E-state index contributed by atoms with van der Waals surface area (Å²) in [5.41, 5.74) is 2.38. The van der Waals surface area contributed by atoms with E-state index in [9.17, 15) is 18.0 Å². The number of nitrogens with zero attached hydrogens (tertiary/aromatic N) is 3. The van der Waals surface area contributed by atoms with Gasteiger partial charge in [0.15, 0.2) is 4.88 Å². The van der Waals surface area contributed by atoms with Crippen molar-refractivity contribution in [3.8, 4) is 22.0 Å². The van der Waals surface area contributed by atoms with Gasteiger partial charge in [-0.25, -0.2) is 9.78 Å². The van der Waals surface area contributed by atoms with Gasteiger partial charge in [0.25, 0.3) is 0 Å². The number of methoxy groups -OCH3 is 1. The zero-order chi connectivity index (χ0) is 26.2. The molecule has 0 bridgehead atoms. The van der Waals surface area contributed by atoms with E-state index in [4.69, 9.17) is 9.47 Å². The number of imidazole rings is 1. The number of carbonyl (C=O) groups excluding carboxylic acids is 1. The number of hydrogen-bond donors (Lipinski definition) is 0. The number of hydrogen-bond acceptors (Lipinski definition) is 6. The van der Waals surface area contributed by atoms with Gasteiger partial charge in [-0.05, 0) is 37.3 Å². The minimum Gasteiger partial charge on any atom is -0.484 e. The van der Waals surface area contributed by atoms with Gasteiger partial charge in [-0.1, -0.05) is 30.3 Å². The van der Waals surface area contributed by atoms with Crippen LogP contribution < -0.4 is 4.74 Å². The molecule has 0 saturated heterocycles. The van der Waals surface area contributed by atoms with Gasteiger partial charge in [0.2, 0.25) is 0 Å². The summed E-state index contributed by atoms with van der Waals surface area (Å²) in [4.78, 5) is 21.5. The van der Waals surface area contributed by atoms with Crippen molar-refractivity contribution in [2.45, 2.75) is 19.2 Å². The summed E-state index contributed by atoms with van der Waals surface area (Å²) in [7, 11) is 1.24. The second kappa shape index (κ2) is 9.70. The number of alkyl halides is 3. The molecule has 0 spiro atoms. The first-order chi connectivity index (χ1) is 17.8. The minimum absolute atomic E-state index is 0.0336. The van der Waals surface area contributed by atoms with E-state index in [-0.39, 0.29) is 16.2 Å². The van der Waals surface area contributed by atoms with Crippen LogP contribution in [0.25, 0.3) is 27.3 Å². The van der Waals surface area contributed by atoms with Crippen molar-refractivity contribution in [3.05, 3.63) is 95.3 Å². The van der Waals surface area contributed by atoms with Crippen LogP contribution in [0.15, 0.2) is 79.3 Å². The predicted octanol–water partition coefficient (Wildman–Crippen LogP) is 7.09. The van der Waals surface area contributed by atoms with Gasteiger partial charge in [0, 0.05) is 23.4 Å². The molecular weight excluding hydrogens is 503 g/mol. The maximum atomic E-state index is 13.5. The van der Waals surface area contributed by atoms with Crippen LogP contribution in [0.5, 0.6) is 5.75 Å². The highest BCUT2D eigenvalue weighted by Gasteiger charge is 2.35. The van der Waals surface area contributed by atoms with Crippen LogP contribution >= 0.6 is 11.3 Å². The first kappa shape index (κ1) is 24.5. The molecule has 0 fully saturated rings. The van der Waals surface area contributed by atoms with Gasteiger partial charge in [-0.15, -0.1) is 11.3 Å². The number of fused-ring (bicyclic) bond motifs is 1. The van der Waals surface area contributed by atoms with E-state index in [1.54, 1.807) is 23.2 Å². The topological polar surface area (TPSA) is 66.2 Å². The zero-order valence-corrected chi connectivity index (χ0v) is 20.5. The van der Waals surface area contributed by atoms with Crippen molar-refractivity contribution in [2.75, 3.05) is 7.11 Å². The zero-order valence-electron chi connectivity index (χ0n) is 19.7. The fourth-order valence-corrected chi connectivity index (χ4v) is 5.04. The Morgan fingerprint density at radius 2 is 1.81 bits per heavy atom. The number of esters is 1. The highest BCUT2D eigenvalue weighted by molar-refractivity contribution is 7.16. The molecule has 188 valence electrons. The molecule has 3 aromatic heterocycles. The summed E-state index contributed by atoms with van der Waals surface area (Å²) in [6.45, 7) is 1.51. The van der Waals surface area contributed by atoms with E-state index in [0.717, 1.165) is 34.2 Å². The molecule has 37 heavy (non-hydrogen) atoms. The van der Waals surface area contributed by atoms with Crippen molar-refractivity contribution in [2.24, 2.45) is 0 Å². The molecule has 0 amide bonds. The summed E-state index contributed by atoms with van der Waals surface area (Å²) in [5, 5.41) is 0.597. The Labute approximate surface area is 213 Å². The number of benzene rings is 2. The standard InChI is InChI=1S/C27H20F3N3O3S/c1-16(18-7-3-4-8-19(18)27(28,29)30)36-23-14-24(37-25(23)26(34)35-2)33-15-32-21-13-17(10-11-22(21)33)20-9-5-6-12-31-20/h3-16H,1-2H3/t16-/m1/s1. The number of ether oxygens (including phenoxy) is 2. The van der Waals surface area contributed by atoms with Crippen molar-refractivity contribution in [1.29, 1.82) is 0 Å². The van der Waals surface area contributed by atoms with Gasteiger partial charge >= 0.3 is 12.1 Å². The molecule has 1 atom stereocenters. The number of rotatable bonds is 6. The number of thiophene rings is 1. The number of carbonyl (C=O) groups is 1. The van der Waals surface area contributed by atoms with Gasteiger partial charge in [-0.3, -0.25) is 9.55 Å². The third kappa shape index (κ3) is 4.79. The van der Waals surface area contributed by atoms with E-state index >= 15 is 0 Å².